The van der Waals surface area contributed by atoms with Crippen molar-refractivity contribution in [2.75, 3.05) is 13.2 Å². The van der Waals surface area contributed by atoms with Crippen LogP contribution < -0.4 is 10.1 Å². The lowest BCUT2D eigenvalue weighted by Gasteiger charge is -2.14. The summed E-state index contributed by atoms with van der Waals surface area (Å²) in [4.78, 5) is 11.8. The number of nitrogens with one attached hydrogen (secondary N) is 1. The fourth-order valence-corrected chi connectivity index (χ4v) is 2.74. The zero-order valence-corrected chi connectivity index (χ0v) is 15.7. The van der Waals surface area contributed by atoms with Gasteiger partial charge in [0.2, 0.25) is 0 Å². The maximum absolute atomic E-state index is 11.8. The molecule has 0 aliphatic rings. The lowest BCUT2D eigenvalue weighted by Crippen LogP contribution is -2.28. The van der Waals surface area contributed by atoms with Crippen LogP contribution in [0, 0.1) is 11.3 Å². The van der Waals surface area contributed by atoms with Crippen LogP contribution in [0.3, 0.4) is 0 Å². The second-order valence-corrected chi connectivity index (χ2v) is 6.19. The molecular weight excluding hydrogens is 368 g/mol. The third kappa shape index (κ3) is 5.50. The van der Waals surface area contributed by atoms with Crippen molar-refractivity contribution in [1.82, 2.24) is 5.32 Å². The Morgan fingerprint density at radius 1 is 1.03 bits per heavy atom. The molecule has 0 spiro atoms. The van der Waals surface area contributed by atoms with Crippen LogP contribution in [0.4, 0.5) is 4.79 Å². The summed E-state index contributed by atoms with van der Waals surface area (Å²) in [6.07, 6.45) is -0.551. The Balaban J connectivity index is 1.58. The van der Waals surface area contributed by atoms with Crippen LogP contribution in [-0.4, -0.2) is 24.4 Å². The second kappa shape index (κ2) is 9.81. The third-order valence-electron chi connectivity index (χ3n) is 4.11. The van der Waals surface area contributed by atoms with Crippen LogP contribution in [0.15, 0.2) is 72.8 Å². The summed E-state index contributed by atoms with van der Waals surface area (Å²) in [5, 5.41) is 22.1. The van der Waals surface area contributed by atoms with Gasteiger partial charge in [0.1, 0.15) is 13.2 Å². The predicted octanol–water partition coefficient (Wildman–Crippen LogP) is 4.24. The lowest BCUT2D eigenvalue weighted by molar-refractivity contribution is 0.137. The number of carbonyl (C=O) groups is 1. The normalized spacial score (nSPS) is 10.0. The number of hydrogen-bond acceptors (Lipinski definition) is 5. The van der Waals surface area contributed by atoms with Crippen molar-refractivity contribution in [3.63, 3.8) is 0 Å². The van der Waals surface area contributed by atoms with Gasteiger partial charge in [-0.2, -0.15) is 5.26 Å². The molecule has 2 N–H and O–H groups in total. The van der Waals surface area contributed by atoms with Gasteiger partial charge in [-0.1, -0.05) is 60.7 Å². The number of hydrogen-bond donors (Lipinski definition) is 2. The summed E-state index contributed by atoms with van der Waals surface area (Å²) in [6, 6.07) is 23.7. The van der Waals surface area contributed by atoms with Crippen molar-refractivity contribution in [3.05, 3.63) is 83.9 Å². The standard InChI is InChI=1S/C23H20N2O4/c24-15-18-13-20(19-9-5-2-6-10-19)22(21(26)14-18)28-12-11-25-23(27)29-16-17-7-3-1-4-8-17/h1-10,13-14,26H,11-12,16H2,(H,25,27). The van der Waals surface area contributed by atoms with Gasteiger partial charge < -0.3 is 19.9 Å². The fourth-order valence-electron chi connectivity index (χ4n) is 2.74. The first kappa shape index (κ1) is 19.8. The molecule has 0 fully saturated rings. The SMILES string of the molecule is N#Cc1cc(O)c(OCCNC(=O)OCc2ccccc2)c(-c2ccccc2)c1. The van der Waals surface area contributed by atoms with Crippen LogP contribution in [-0.2, 0) is 11.3 Å². The molecule has 0 unspecified atom stereocenters. The molecule has 146 valence electrons. The number of ether oxygens (including phenoxy) is 2. The van der Waals surface area contributed by atoms with Gasteiger partial charge in [0.25, 0.3) is 0 Å². The summed E-state index contributed by atoms with van der Waals surface area (Å²) in [7, 11) is 0. The van der Waals surface area contributed by atoms with Crippen molar-refractivity contribution in [1.29, 1.82) is 5.26 Å². The van der Waals surface area contributed by atoms with Crippen LogP contribution >= 0.6 is 0 Å². The van der Waals surface area contributed by atoms with Crippen molar-refractivity contribution in [2.24, 2.45) is 0 Å². The maximum Gasteiger partial charge on any atom is 0.407 e. The smallest absolute Gasteiger partial charge is 0.407 e. The Labute approximate surface area is 168 Å². The topological polar surface area (TPSA) is 91.6 Å². The number of nitrogens with zero attached hydrogens (tertiary/aromatic N) is 1. The molecule has 0 saturated carbocycles. The van der Waals surface area contributed by atoms with Gasteiger partial charge in [-0.3, -0.25) is 0 Å². The first-order valence-electron chi connectivity index (χ1n) is 9.07. The van der Waals surface area contributed by atoms with Crippen LogP contribution in [0.2, 0.25) is 0 Å². The summed E-state index contributed by atoms with van der Waals surface area (Å²) in [5.41, 5.74) is 2.64. The molecule has 6 nitrogen and oxygen atoms in total. The fraction of sp³-hybridized carbons (Fsp3) is 0.130. The molecule has 0 aliphatic carbocycles. The van der Waals surface area contributed by atoms with Crippen molar-refractivity contribution in [2.45, 2.75) is 6.61 Å². The highest BCUT2D eigenvalue weighted by Crippen LogP contribution is 2.38. The van der Waals surface area contributed by atoms with E-state index >= 15 is 0 Å². The zero-order chi connectivity index (χ0) is 20.5. The summed E-state index contributed by atoms with van der Waals surface area (Å²) in [6.45, 7) is 0.503. The quantitative estimate of drug-likeness (QED) is 0.591. The van der Waals surface area contributed by atoms with E-state index in [0.29, 0.717) is 11.1 Å². The average Bonchev–Trinajstić information content (AvgIpc) is 2.77. The second-order valence-electron chi connectivity index (χ2n) is 6.19. The van der Waals surface area contributed by atoms with Crippen LogP contribution in [0.5, 0.6) is 11.5 Å². The number of benzene rings is 3. The minimum atomic E-state index is -0.551. The highest BCUT2D eigenvalue weighted by Gasteiger charge is 2.14. The van der Waals surface area contributed by atoms with E-state index in [-0.39, 0.29) is 31.3 Å². The number of nitriles is 1. The van der Waals surface area contributed by atoms with Gasteiger partial charge in [-0.15, -0.1) is 0 Å². The Kier molecular flexibility index (Phi) is 6.69. The van der Waals surface area contributed by atoms with Gasteiger partial charge >= 0.3 is 6.09 Å². The first-order chi connectivity index (χ1) is 14.2. The Morgan fingerprint density at radius 3 is 2.41 bits per heavy atom. The van der Waals surface area contributed by atoms with E-state index in [2.05, 4.69) is 5.32 Å². The van der Waals surface area contributed by atoms with Crippen molar-refractivity contribution >= 4 is 6.09 Å². The highest BCUT2D eigenvalue weighted by molar-refractivity contribution is 5.75. The number of phenolic OH excluding ortho intramolecular Hbond substituents is 1. The Morgan fingerprint density at radius 2 is 1.72 bits per heavy atom. The molecule has 0 aliphatic heterocycles. The molecule has 0 radical (unpaired) electrons. The number of aromatic hydroxyl groups is 1. The molecule has 3 aromatic carbocycles. The Hall–Kier alpha value is -3.98. The van der Waals surface area contributed by atoms with Crippen LogP contribution in [0.25, 0.3) is 11.1 Å². The summed E-state index contributed by atoms with van der Waals surface area (Å²) >= 11 is 0. The lowest BCUT2D eigenvalue weighted by atomic mass is 10.0. The largest absolute Gasteiger partial charge is 0.504 e. The number of amides is 1. The molecule has 0 atom stereocenters. The first-order valence-corrected chi connectivity index (χ1v) is 9.07. The Bertz CT molecular complexity index is 999. The van der Waals surface area contributed by atoms with Crippen molar-refractivity contribution in [3.8, 4) is 28.7 Å². The number of rotatable bonds is 7. The minimum absolute atomic E-state index is 0.125. The highest BCUT2D eigenvalue weighted by atomic mass is 16.5. The average molecular weight is 388 g/mol. The van der Waals surface area contributed by atoms with E-state index in [9.17, 15) is 9.90 Å². The van der Waals surface area contributed by atoms with Gasteiger partial charge in [0.15, 0.2) is 11.5 Å². The van der Waals surface area contributed by atoms with Gasteiger partial charge in [-0.05, 0) is 17.2 Å². The predicted molar refractivity (Wildman–Crippen MR) is 108 cm³/mol. The van der Waals surface area contributed by atoms with E-state index in [4.69, 9.17) is 14.7 Å². The number of phenols is 1. The van der Waals surface area contributed by atoms with Crippen LogP contribution in [0.1, 0.15) is 11.1 Å². The van der Waals surface area contributed by atoms with E-state index < -0.39 is 6.09 Å². The van der Waals surface area contributed by atoms with E-state index in [1.807, 2.05) is 66.7 Å². The van der Waals surface area contributed by atoms with E-state index in [1.54, 1.807) is 6.07 Å². The van der Waals surface area contributed by atoms with Gasteiger partial charge in [0, 0.05) is 11.6 Å². The number of alkyl carbamates (subject to hydrolysis) is 1. The molecule has 0 bridgehead atoms. The molecule has 29 heavy (non-hydrogen) atoms. The monoisotopic (exact) mass is 388 g/mol. The molecule has 6 heteroatoms. The third-order valence-corrected chi connectivity index (χ3v) is 4.11. The van der Waals surface area contributed by atoms with Crippen molar-refractivity contribution < 1.29 is 19.4 Å². The van der Waals surface area contributed by atoms with Gasteiger partial charge in [-0.25, -0.2) is 4.79 Å². The molecule has 0 heterocycles. The molecule has 0 saturated heterocycles. The zero-order valence-electron chi connectivity index (χ0n) is 15.7. The molecule has 3 aromatic rings. The van der Waals surface area contributed by atoms with Gasteiger partial charge in [0.05, 0.1) is 18.2 Å². The molecular formula is C23H20N2O4. The molecule has 1 amide bonds. The summed E-state index contributed by atoms with van der Waals surface area (Å²) < 4.78 is 10.8. The maximum atomic E-state index is 11.8. The minimum Gasteiger partial charge on any atom is -0.504 e. The summed E-state index contributed by atoms with van der Waals surface area (Å²) in [5.74, 6) is 0.129. The van der Waals surface area contributed by atoms with E-state index in [0.717, 1.165) is 11.1 Å². The molecule has 3 rings (SSSR count). The molecule has 0 aromatic heterocycles. The number of carbonyl (C=O) groups excluding carboxylic acids is 1. The van der Waals surface area contributed by atoms with E-state index in [1.165, 1.54) is 6.07 Å².